The number of methoxy groups -OCH3 is 1. The number of ether oxygens (including phenoxy) is 2. The molecule has 0 spiro atoms. The van der Waals surface area contributed by atoms with Gasteiger partial charge in [0.15, 0.2) is 0 Å². The Hall–Kier alpha value is -2.01. The van der Waals surface area contributed by atoms with E-state index >= 15 is 0 Å². The van der Waals surface area contributed by atoms with E-state index in [0.29, 0.717) is 10.6 Å². The fraction of sp³-hybridized carbons (Fsp3) is 0.353. The maximum atomic E-state index is 12.5. The first-order valence-corrected chi connectivity index (χ1v) is 8.28. The van der Waals surface area contributed by atoms with Crippen LogP contribution < -0.4 is 9.47 Å². The molecular weight excluding hydrogens is 298 g/mol. The lowest BCUT2D eigenvalue weighted by Gasteiger charge is -2.32. The van der Waals surface area contributed by atoms with Crippen molar-refractivity contribution < 1.29 is 14.3 Å². The molecule has 116 valence electrons. The normalized spacial score (nSPS) is 15.6. The molecule has 1 fully saturated rings. The summed E-state index contributed by atoms with van der Waals surface area (Å²) in [6.45, 7) is 1.44. The Balaban J connectivity index is 1.56. The predicted molar refractivity (Wildman–Crippen MR) is 86.9 cm³/mol. The van der Waals surface area contributed by atoms with Crippen LogP contribution in [0.25, 0.3) is 0 Å². The molecule has 22 heavy (non-hydrogen) atoms. The van der Waals surface area contributed by atoms with Crippen molar-refractivity contribution in [1.82, 2.24) is 4.90 Å². The molecule has 1 aliphatic heterocycles. The number of carbonyl (C=O) groups excluding carboxylic acids is 1. The summed E-state index contributed by atoms with van der Waals surface area (Å²) >= 11 is 1.43. The SMILES string of the molecule is COc1ccsc1C(=O)N1CCC(Oc2ccccc2)CC1. The molecule has 1 aromatic heterocycles. The number of hydrogen-bond acceptors (Lipinski definition) is 4. The minimum Gasteiger partial charge on any atom is -0.495 e. The van der Waals surface area contributed by atoms with Crippen LogP contribution in [0, 0.1) is 0 Å². The lowest BCUT2D eigenvalue weighted by atomic mass is 10.1. The van der Waals surface area contributed by atoms with Gasteiger partial charge >= 0.3 is 0 Å². The predicted octanol–water partition coefficient (Wildman–Crippen LogP) is 3.44. The number of carbonyl (C=O) groups is 1. The second kappa shape index (κ2) is 6.83. The van der Waals surface area contributed by atoms with Crippen molar-refractivity contribution in [2.45, 2.75) is 18.9 Å². The molecule has 0 atom stereocenters. The molecular formula is C17H19NO3S. The van der Waals surface area contributed by atoms with Crippen molar-refractivity contribution in [2.24, 2.45) is 0 Å². The van der Waals surface area contributed by atoms with Crippen LogP contribution in [-0.4, -0.2) is 37.1 Å². The maximum absolute atomic E-state index is 12.5. The van der Waals surface area contributed by atoms with Crippen LogP contribution in [0.4, 0.5) is 0 Å². The topological polar surface area (TPSA) is 38.8 Å². The van der Waals surface area contributed by atoms with Gasteiger partial charge in [0.1, 0.15) is 22.5 Å². The standard InChI is InChI=1S/C17H19NO3S/c1-20-15-9-12-22-16(15)17(19)18-10-7-14(8-11-18)21-13-5-3-2-4-6-13/h2-6,9,12,14H,7-8,10-11H2,1H3. The fourth-order valence-corrected chi connectivity index (χ4v) is 3.45. The van der Waals surface area contributed by atoms with Crippen molar-refractivity contribution in [1.29, 1.82) is 0 Å². The molecule has 2 aromatic rings. The summed E-state index contributed by atoms with van der Waals surface area (Å²) in [6, 6.07) is 11.7. The van der Waals surface area contributed by atoms with Crippen LogP contribution in [0.2, 0.25) is 0 Å². The molecule has 0 radical (unpaired) electrons. The highest BCUT2D eigenvalue weighted by atomic mass is 32.1. The van der Waals surface area contributed by atoms with Crippen LogP contribution >= 0.6 is 11.3 Å². The zero-order valence-electron chi connectivity index (χ0n) is 12.5. The number of rotatable bonds is 4. The van der Waals surface area contributed by atoms with Crippen molar-refractivity contribution in [3.63, 3.8) is 0 Å². The lowest BCUT2D eigenvalue weighted by molar-refractivity contribution is 0.0597. The molecule has 0 saturated carbocycles. The number of thiophene rings is 1. The average Bonchev–Trinajstić information content (AvgIpc) is 3.04. The first-order chi connectivity index (χ1) is 10.8. The molecule has 3 rings (SSSR count). The number of para-hydroxylation sites is 1. The van der Waals surface area contributed by atoms with E-state index in [1.807, 2.05) is 46.7 Å². The van der Waals surface area contributed by atoms with Crippen molar-refractivity contribution in [3.8, 4) is 11.5 Å². The Morgan fingerprint density at radius 3 is 2.59 bits per heavy atom. The number of piperidine rings is 1. The third-order valence-electron chi connectivity index (χ3n) is 3.82. The van der Waals surface area contributed by atoms with Gasteiger partial charge in [-0.3, -0.25) is 4.79 Å². The second-order valence-corrected chi connectivity index (χ2v) is 6.16. The van der Waals surface area contributed by atoms with Crippen molar-refractivity contribution >= 4 is 17.2 Å². The van der Waals surface area contributed by atoms with Crippen LogP contribution in [0.15, 0.2) is 41.8 Å². The highest BCUT2D eigenvalue weighted by Crippen LogP contribution is 2.27. The van der Waals surface area contributed by atoms with E-state index in [1.54, 1.807) is 7.11 Å². The summed E-state index contributed by atoms with van der Waals surface area (Å²) in [5.41, 5.74) is 0. The summed E-state index contributed by atoms with van der Waals surface area (Å²) < 4.78 is 11.2. The summed E-state index contributed by atoms with van der Waals surface area (Å²) in [5, 5.41) is 1.89. The zero-order valence-corrected chi connectivity index (χ0v) is 13.3. The first-order valence-electron chi connectivity index (χ1n) is 7.40. The van der Waals surface area contributed by atoms with Gasteiger partial charge in [-0.1, -0.05) is 18.2 Å². The molecule has 4 nitrogen and oxygen atoms in total. The monoisotopic (exact) mass is 317 g/mol. The van der Waals surface area contributed by atoms with E-state index in [2.05, 4.69) is 0 Å². The Morgan fingerprint density at radius 2 is 1.91 bits per heavy atom. The fourth-order valence-electron chi connectivity index (χ4n) is 2.63. The van der Waals surface area contributed by atoms with Gasteiger partial charge in [-0.15, -0.1) is 11.3 Å². The van der Waals surface area contributed by atoms with E-state index < -0.39 is 0 Å². The highest BCUT2D eigenvalue weighted by molar-refractivity contribution is 7.12. The van der Waals surface area contributed by atoms with E-state index in [0.717, 1.165) is 31.7 Å². The lowest BCUT2D eigenvalue weighted by Crippen LogP contribution is -2.41. The number of likely N-dealkylation sites (tertiary alicyclic amines) is 1. The average molecular weight is 317 g/mol. The van der Waals surface area contributed by atoms with Gasteiger partial charge < -0.3 is 14.4 Å². The molecule has 2 heterocycles. The van der Waals surface area contributed by atoms with Crippen LogP contribution in [0.1, 0.15) is 22.5 Å². The van der Waals surface area contributed by atoms with Crippen LogP contribution in [0.5, 0.6) is 11.5 Å². The Bertz CT molecular complexity index is 618. The van der Waals surface area contributed by atoms with Crippen LogP contribution in [-0.2, 0) is 0 Å². The number of amides is 1. The van der Waals surface area contributed by atoms with E-state index in [-0.39, 0.29) is 12.0 Å². The van der Waals surface area contributed by atoms with Gasteiger partial charge in [-0.2, -0.15) is 0 Å². The Labute approximate surface area is 134 Å². The molecule has 0 N–H and O–H groups in total. The molecule has 1 aliphatic rings. The van der Waals surface area contributed by atoms with Crippen molar-refractivity contribution in [2.75, 3.05) is 20.2 Å². The van der Waals surface area contributed by atoms with Crippen molar-refractivity contribution in [3.05, 3.63) is 46.7 Å². The van der Waals surface area contributed by atoms with E-state index in [9.17, 15) is 4.79 Å². The summed E-state index contributed by atoms with van der Waals surface area (Å²) in [4.78, 5) is 15.1. The molecule has 0 aliphatic carbocycles. The molecule has 0 unspecified atom stereocenters. The third-order valence-corrected chi connectivity index (χ3v) is 4.70. The van der Waals surface area contributed by atoms with Crippen LogP contribution in [0.3, 0.4) is 0 Å². The number of nitrogens with zero attached hydrogens (tertiary/aromatic N) is 1. The largest absolute Gasteiger partial charge is 0.495 e. The van der Waals surface area contributed by atoms with E-state index in [1.165, 1.54) is 11.3 Å². The highest BCUT2D eigenvalue weighted by Gasteiger charge is 2.27. The number of hydrogen-bond donors (Lipinski definition) is 0. The maximum Gasteiger partial charge on any atom is 0.267 e. The third kappa shape index (κ3) is 3.25. The summed E-state index contributed by atoms with van der Waals surface area (Å²) in [5.74, 6) is 1.62. The molecule has 1 saturated heterocycles. The van der Waals surface area contributed by atoms with Gasteiger partial charge in [-0.25, -0.2) is 0 Å². The number of benzene rings is 1. The summed E-state index contributed by atoms with van der Waals surface area (Å²) in [6.07, 6.45) is 1.89. The Kier molecular flexibility index (Phi) is 4.63. The smallest absolute Gasteiger partial charge is 0.267 e. The molecule has 1 aromatic carbocycles. The minimum absolute atomic E-state index is 0.0602. The zero-order chi connectivity index (χ0) is 15.4. The van der Waals surface area contributed by atoms with E-state index in [4.69, 9.17) is 9.47 Å². The second-order valence-electron chi connectivity index (χ2n) is 5.24. The minimum atomic E-state index is 0.0602. The Morgan fingerprint density at radius 1 is 1.18 bits per heavy atom. The van der Waals surface area contributed by atoms with Gasteiger partial charge in [0, 0.05) is 25.9 Å². The van der Waals surface area contributed by atoms with Gasteiger partial charge in [-0.05, 0) is 23.6 Å². The molecule has 1 amide bonds. The first kappa shape index (κ1) is 14.9. The van der Waals surface area contributed by atoms with Gasteiger partial charge in [0.2, 0.25) is 0 Å². The quantitative estimate of drug-likeness (QED) is 0.867. The summed E-state index contributed by atoms with van der Waals surface area (Å²) in [7, 11) is 1.60. The van der Waals surface area contributed by atoms with Gasteiger partial charge in [0.05, 0.1) is 7.11 Å². The molecule has 0 bridgehead atoms. The van der Waals surface area contributed by atoms with Gasteiger partial charge in [0.25, 0.3) is 5.91 Å². The molecule has 5 heteroatoms.